The van der Waals surface area contributed by atoms with E-state index < -0.39 is 11.9 Å². The van der Waals surface area contributed by atoms with Crippen LogP contribution in [0.15, 0.2) is 18.2 Å². The minimum atomic E-state index is -0.636. The third-order valence-electron chi connectivity index (χ3n) is 3.26. The first-order valence-electron chi connectivity index (χ1n) is 6.30. The lowest BCUT2D eigenvalue weighted by molar-refractivity contribution is -0.125. The summed E-state index contributed by atoms with van der Waals surface area (Å²) in [4.78, 5) is 25.7. The van der Waals surface area contributed by atoms with E-state index in [1.165, 1.54) is 30.1 Å². The van der Waals surface area contributed by atoms with Crippen molar-refractivity contribution in [2.24, 2.45) is 0 Å². The van der Waals surface area contributed by atoms with Crippen LogP contribution in [0.25, 0.3) is 0 Å². The van der Waals surface area contributed by atoms with Crippen LogP contribution < -0.4 is 10.6 Å². The zero-order valence-corrected chi connectivity index (χ0v) is 11.1. The lowest BCUT2D eigenvalue weighted by Crippen LogP contribution is -2.59. The van der Waals surface area contributed by atoms with Crippen LogP contribution in [-0.2, 0) is 4.79 Å². The first kappa shape index (κ1) is 14.1. The van der Waals surface area contributed by atoms with Crippen molar-refractivity contribution >= 4 is 11.8 Å². The highest BCUT2D eigenvalue weighted by atomic mass is 16.3. The highest BCUT2D eigenvalue weighted by Crippen LogP contribution is 2.24. The summed E-state index contributed by atoms with van der Waals surface area (Å²) in [5, 5.41) is 24.7. The van der Waals surface area contributed by atoms with E-state index in [0.717, 1.165) is 0 Å². The molecule has 1 aromatic rings. The second-order valence-corrected chi connectivity index (χ2v) is 4.53. The number of rotatable bonds is 2. The quantitative estimate of drug-likeness (QED) is 0.534. The van der Waals surface area contributed by atoms with Gasteiger partial charge in [0, 0.05) is 26.7 Å². The molecule has 1 aliphatic heterocycles. The highest BCUT2D eigenvalue weighted by Gasteiger charge is 2.33. The summed E-state index contributed by atoms with van der Waals surface area (Å²) in [6.07, 6.45) is 0. The smallest absolute Gasteiger partial charge is 0.258 e. The number of phenolic OH excluding ortho intramolecular Hbond substituents is 2. The van der Waals surface area contributed by atoms with E-state index in [1.54, 1.807) is 0 Å². The summed E-state index contributed by atoms with van der Waals surface area (Å²) in [7, 11) is 1.51. The van der Waals surface area contributed by atoms with Gasteiger partial charge in [0.05, 0.1) is 5.56 Å². The monoisotopic (exact) mass is 279 g/mol. The molecular formula is C13H17N3O4. The number of piperazine rings is 1. The van der Waals surface area contributed by atoms with E-state index >= 15 is 0 Å². The molecule has 1 aromatic carbocycles. The van der Waals surface area contributed by atoms with Gasteiger partial charge in [0.25, 0.3) is 5.91 Å². The van der Waals surface area contributed by atoms with Gasteiger partial charge in [-0.2, -0.15) is 0 Å². The molecule has 0 saturated carbocycles. The molecule has 4 N–H and O–H groups in total. The molecule has 0 aliphatic carbocycles. The van der Waals surface area contributed by atoms with E-state index in [2.05, 4.69) is 10.6 Å². The summed E-state index contributed by atoms with van der Waals surface area (Å²) in [5.41, 5.74) is -0.0131. The Hall–Kier alpha value is -2.28. The number of hydrogen-bond acceptors (Lipinski definition) is 5. The molecule has 1 unspecified atom stereocenters. The van der Waals surface area contributed by atoms with Crippen molar-refractivity contribution in [3.63, 3.8) is 0 Å². The maximum Gasteiger partial charge on any atom is 0.258 e. The molecule has 7 heteroatoms. The summed E-state index contributed by atoms with van der Waals surface area (Å²) < 4.78 is 0. The van der Waals surface area contributed by atoms with E-state index in [-0.39, 0.29) is 23.0 Å². The van der Waals surface area contributed by atoms with Crippen LogP contribution in [0, 0.1) is 0 Å². The van der Waals surface area contributed by atoms with Crippen molar-refractivity contribution in [2.75, 3.05) is 26.7 Å². The average molecular weight is 279 g/mol. The van der Waals surface area contributed by atoms with Crippen LogP contribution in [0.3, 0.4) is 0 Å². The van der Waals surface area contributed by atoms with Crippen molar-refractivity contribution in [1.29, 1.82) is 0 Å². The summed E-state index contributed by atoms with van der Waals surface area (Å²) >= 11 is 0. The number of benzene rings is 1. The Morgan fingerprint density at radius 2 is 2.15 bits per heavy atom. The van der Waals surface area contributed by atoms with Gasteiger partial charge in [-0.25, -0.2) is 0 Å². The average Bonchev–Trinajstić information content (AvgIpc) is 2.48. The van der Waals surface area contributed by atoms with Crippen LogP contribution in [0.5, 0.6) is 11.5 Å². The molecule has 2 rings (SSSR count). The molecule has 1 fully saturated rings. The molecular weight excluding hydrogens is 262 g/mol. The molecule has 1 aliphatic rings. The van der Waals surface area contributed by atoms with Crippen molar-refractivity contribution in [1.82, 2.24) is 15.5 Å². The molecule has 1 atom stereocenters. The molecule has 0 aromatic heterocycles. The Morgan fingerprint density at radius 1 is 1.40 bits per heavy atom. The van der Waals surface area contributed by atoms with Gasteiger partial charge in [-0.3, -0.25) is 9.59 Å². The molecule has 7 nitrogen and oxygen atoms in total. The number of phenols is 2. The van der Waals surface area contributed by atoms with Crippen molar-refractivity contribution in [3.05, 3.63) is 23.8 Å². The van der Waals surface area contributed by atoms with Gasteiger partial charge >= 0.3 is 0 Å². The normalized spacial score (nSPS) is 18.6. The zero-order valence-electron chi connectivity index (χ0n) is 11.1. The van der Waals surface area contributed by atoms with Crippen LogP contribution in [0.2, 0.25) is 0 Å². The van der Waals surface area contributed by atoms with Gasteiger partial charge in [-0.15, -0.1) is 0 Å². The molecule has 20 heavy (non-hydrogen) atoms. The number of nitrogens with one attached hydrogen (secondary N) is 2. The number of carbonyl (C=O) groups is 2. The molecule has 1 saturated heterocycles. The summed E-state index contributed by atoms with van der Waals surface area (Å²) in [5.74, 6) is -1.08. The Bertz CT molecular complexity index is 532. The summed E-state index contributed by atoms with van der Waals surface area (Å²) in [6, 6.07) is 3.10. The van der Waals surface area contributed by atoms with Gasteiger partial charge in [-0.05, 0) is 18.2 Å². The van der Waals surface area contributed by atoms with E-state index in [0.29, 0.717) is 19.6 Å². The minimum Gasteiger partial charge on any atom is -0.508 e. The number of likely N-dealkylation sites (N-methyl/N-ethyl adjacent to an activating group) is 1. The number of nitrogens with zero attached hydrogens (tertiary/aromatic N) is 1. The largest absolute Gasteiger partial charge is 0.508 e. The SMILES string of the molecule is CNC(=O)C1CNCCN1C(=O)c1cc(O)ccc1O. The van der Waals surface area contributed by atoms with Crippen molar-refractivity contribution in [2.45, 2.75) is 6.04 Å². The molecule has 0 bridgehead atoms. The van der Waals surface area contributed by atoms with Gasteiger partial charge in [0.1, 0.15) is 17.5 Å². The first-order chi connectivity index (χ1) is 9.54. The molecule has 0 radical (unpaired) electrons. The fourth-order valence-electron chi connectivity index (χ4n) is 2.20. The van der Waals surface area contributed by atoms with Gasteiger partial charge in [-0.1, -0.05) is 0 Å². The fraction of sp³-hybridized carbons (Fsp3) is 0.385. The highest BCUT2D eigenvalue weighted by molar-refractivity contribution is 6.00. The van der Waals surface area contributed by atoms with E-state index in [9.17, 15) is 19.8 Å². The van der Waals surface area contributed by atoms with Crippen LogP contribution in [0.1, 0.15) is 10.4 Å². The first-order valence-corrected chi connectivity index (χ1v) is 6.30. The Labute approximate surface area is 116 Å². The van der Waals surface area contributed by atoms with Crippen LogP contribution >= 0.6 is 0 Å². The van der Waals surface area contributed by atoms with Crippen LogP contribution in [0.4, 0.5) is 0 Å². The lowest BCUT2D eigenvalue weighted by atomic mass is 10.1. The van der Waals surface area contributed by atoms with Crippen molar-refractivity contribution in [3.8, 4) is 11.5 Å². The van der Waals surface area contributed by atoms with E-state index in [4.69, 9.17) is 0 Å². The Kier molecular flexibility index (Phi) is 4.09. The number of amides is 2. The number of hydrogen-bond donors (Lipinski definition) is 4. The second-order valence-electron chi connectivity index (χ2n) is 4.53. The third-order valence-corrected chi connectivity index (χ3v) is 3.26. The van der Waals surface area contributed by atoms with Gasteiger partial charge in [0.2, 0.25) is 5.91 Å². The molecule has 2 amide bonds. The van der Waals surface area contributed by atoms with Gasteiger partial charge < -0.3 is 25.7 Å². The number of carbonyl (C=O) groups excluding carboxylic acids is 2. The van der Waals surface area contributed by atoms with Crippen LogP contribution in [-0.4, -0.2) is 59.7 Å². The van der Waals surface area contributed by atoms with Crippen molar-refractivity contribution < 1.29 is 19.8 Å². The predicted molar refractivity (Wildman–Crippen MR) is 71.5 cm³/mol. The Balaban J connectivity index is 2.30. The topological polar surface area (TPSA) is 102 Å². The zero-order chi connectivity index (χ0) is 14.7. The maximum absolute atomic E-state index is 12.5. The van der Waals surface area contributed by atoms with E-state index in [1.807, 2.05) is 0 Å². The molecule has 0 spiro atoms. The Morgan fingerprint density at radius 3 is 2.85 bits per heavy atom. The minimum absolute atomic E-state index is 0.0131. The third kappa shape index (κ3) is 2.67. The fourth-order valence-corrected chi connectivity index (χ4v) is 2.20. The predicted octanol–water partition coefficient (Wildman–Crippen LogP) is -0.742. The standard InChI is InChI=1S/C13H17N3O4/c1-14-12(19)10-7-15-4-5-16(10)13(20)9-6-8(17)2-3-11(9)18/h2-3,6,10,15,17-18H,4-5,7H2,1H3,(H,14,19). The lowest BCUT2D eigenvalue weighted by Gasteiger charge is -2.35. The summed E-state index contributed by atoms with van der Waals surface area (Å²) in [6.45, 7) is 1.27. The molecule has 1 heterocycles. The van der Waals surface area contributed by atoms with Gasteiger partial charge in [0.15, 0.2) is 0 Å². The molecule has 108 valence electrons. The second kappa shape index (κ2) is 5.79. The maximum atomic E-state index is 12.5. The number of aromatic hydroxyl groups is 2.